The Kier molecular flexibility index (Phi) is 3.80. The number of imidazole rings is 1. The summed E-state index contributed by atoms with van der Waals surface area (Å²) >= 11 is 1.46. The fourth-order valence-corrected chi connectivity index (χ4v) is 3.92. The van der Waals surface area contributed by atoms with Gasteiger partial charge >= 0.3 is 0 Å². The Morgan fingerprint density at radius 2 is 2.00 bits per heavy atom. The molecule has 0 saturated carbocycles. The van der Waals surface area contributed by atoms with E-state index in [1.165, 1.54) is 23.5 Å². The summed E-state index contributed by atoms with van der Waals surface area (Å²) in [6.45, 7) is 0.263. The third-order valence-corrected chi connectivity index (χ3v) is 5.23. The number of hydrogen-bond acceptors (Lipinski definition) is 4. The normalized spacial score (nSPS) is 11.5. The van der Waals surface area contributed by atoms with Gasteiger partial charge in [-0.25, -0.2) is 18.7 Å². The van der Waals surface area contributed by atoms with Gasteiger partial charge in [0.2, 0.25) is 5.56 Å². The summed E-state index contributed by atoms with van der Waals surface area (Å²) in [7, 11) is 0. The van der Waals surface area contributed by atoms with Crippen molar-refractivity contribution in [2.24, 2.45) is 0 Å². The summed E-state index contributed by atoms with van der Waals surface area (Å²) in [6.07, 6.45) is 0. The highest BCUT2D eigenvalue weighted by molar-refractivity contribution is 7.07. The van der Waals surface area contributed by atoms with Crippen molar-refractivity contribution in [2.75, 3.05) is 0 Å². The lowest BCUT2D eigenvalue weighted by molar-refractivity contribution is 0.515. The third-order valence-electron chi connectivity index (χ3n) is 4.64. The van der Waals surface area contributed by atoms with Gasteiger partial charge in [-0.15, -0.1) is 11.3 Å². The molecule has 2 aromatic carbocycles. The second-order valence-electron chi connectivity index (χ2n) is 6.33. The van der Waals surface area contributed by atoms with Crippen LogP contribution < -0.4 is 5.56 Å². The average molecular weight is 394 g/mol. The molecule has 0 amide bonds. The lowest BCUT2D eigenvalue weighted by Crippen LogP contribution is -2.11. The van der Waals surface area contributed by atoms with E-state index in [2.05, 4.69) is 15.0 Å². The van der Waals surface area contributed by atoms with Crippen LogP contribution in [0.1, 0.15) is 5.56 Å². The van der Waals surface area contributed by atoms with Crippen molar-refractivity contribution in [2.45, 2.75) is 6.54 Å². The molecule has 28 heavy (non-hydrogen) atoms. The maximum absolute atomic E-state index is 14.2. The fourth-order valence-electron chi connectivity index (χ4n) is 3.39. The van der Waals surface area contributed by atoms with Crippen LogP contribution in [-0.4, -0.2) is 19.5 Å². The molecule has 3 aromatic heterocycles. The molecule has 0 fully saturated rings. The minimum absolute atomic E-state index is 0.137. The molecule has 0 radical (unpaired) electrons. The smallest absolute Gasteiger partial charge is 0.248 e. The molecule has 5 nitrogen and oxygen atoms in total. The van der Waals surface area contributed by atoms with Crippen molar-refractivity contribution in [1.29, 1.82) is 0 Å². The Balaban J connectivity index is 1.77. The molecule has 0 aliphatic carbocycles. The molecule has 0 spiro atoms. The Morgan fingerprint density at radius 3 is 2.82 bits per heavy atom. The Labute approximate surface area is 160 Å². The zero-order chi connectivity index (χ0) is 19.3. The molecule has 3 heterocycles. The number of thiazole rings is 1. The van der Waals surface area contributed by atoms with E-state index >= 15 is 0 Å². The lowest BCUT2D eigenvalue weighted by Gasteiger charge is -2.11. The molecule has 0 bridgehead atoms. The van der Waals surface area contributed by atoms with Crippen LogP contribution in [0.25, 0.3) is 33.5 Å². The molecule has 8 heteroatoms. The van der Waals surface area contributed by atoms with Crippen LogP contribution in [0.4, 0.5) is 8.78 Å². The number of hydrogen-bond donors (Lipinski definition) is 1. The van der Waals surface area contributed by atoms with E-state index in [-0.39, 0.29) is 12.1 Å². The molecule has 5 aromatic rings. The van der Waals surface area contributed by atoms with Crippen LogP contribution >= 0.6 is 11.3 Å². The quantitative estimate of drug-likeness (QED) is 0.495. The number of fused-ring (bicyclic) bond motifs is 2. The number of H-pyrrole nitrogens is 1. The number of nitrogens with zero attached hydrogens (tertiary/aromatic N) is 3. The number of pyridine rings is 1. The molecule has 0 atom stereocenters. The number of benzene rings is 2. The van der Waals surface area contributed by atoms with Crippen LogP contribution in [-0.2, 0) is 6.54 Å². The van der Waals surface area contributed by atoms with Crippen LogP contribution in [0.15, 0.2) is 58.1 Å². The minimum Gasteiger partial charge on any atom is -0.319 e. The van der Waals surface area contributed by atoms with Crippen LogP contribution in [0.3, 0.4) is 0 Å². The zero-order valence-corrected chi connectivity index (χ0v) is 15.1. The predicted molar refractivity (Wildman–Crippen MR) is 104 cm³/mol. The van der Waals surface area contributed by atoms with Crippen LogP contribution in [0, 0.1) is 11.6 Å². The molecule has 0 aliphatic rings. The Bertz CT molecular complexity index is 1390. The second-order valence-corrected chi connectivity index (χ2v) is 7.05. The van der Waals surface area contributed by atoms with E-state index in [4.69, 9.17) is 0 Å². The zero-order valence-electron chi connectivity index (χ0n) is 14.3. The van der Waals surface area contributed by atoms with Gasteiger partial charge in [0.1, 0.15) is 5.69 Å². The highest BCUT2D eigenvalue weighted by Crippen LogP contribution is 2.28. The van der Waals surface area contributed by atoms with E-state index < -0.39 is 17.2 Å². The first-order chi connectivity index (χ1) is 13.6. The number of aromatic amines is 1. The average Bonchev–Trinajstić information content (AvgIpc) is 3.33. The maximum atomic E-state index is 14.2. The minimum atomic E-state index is -1.06. The molecule has 1 N–H and O–H groups in total. The van der Waals surface area contributed by atoms with Gasteiger partial charge in [-0.1, -0.05) is 12.1 Å². The first-order valence-electron chi connectivity index (χ1n) is 8.45. The largest absolute Gasteiger partial charge is 0.319 e. The monoisotopic (exact) mass is 394 g/mol. The summed E-state index contributed by atoms with van der Waals surface area (Å²) in [5, 5.41) is 2.34. The maximum Gasteiger partial charge on any atom is 0.248 e. The molecule has 138 valence electrons. The van der Waals surface area contributed by atoms with Gasteiger partial charge in [-0.3, -0.25) is 4.79 Å². The molecular formula is C20H12F2N4OS. The van der Waals surface area contributed by atoms with E-state index in [0.29, 0.717) is 22.5 Å². The molecule has 0 aliphatic heterocycles. The van der Waals surface area contributed by atoms with Gasteiger partial charge in [0.25, 0.3) is 0 Å². The first-order valence-corrected chi connectivity index (χ1v) is 9.40. The Morgan fingerprint density at radius 1 is 1.14 bits per heavy atom. The lowest BCUT2D eigenvalue weighted by atomic mass is 10.1. The van der Waals surface area contributed by atoms with Crippen molar-refractivity contribution in [1.82, 2.24) is 19.5 Å². The van der Waals surface area contributed by atoms with Gasteiger partial charge in [0.15, 0.2) is 17.5 Å². The summed E-state index contributed by atoms with van der Waals surface area (Å²) in [5.41, 5.74) is 4.02. The highest BCUT2D eigenvalue weighted by Gasteiger charge is 2.17. The number of nitrogens with one attached hydrogen (secondary N) is 1. The van der Waals surface area contributed by atoms with E-state index in [1.54, 1.807) is 5.51 Å². The van der Waals surface area contributed by atoms with Crippen LogP contribution in [0.2, 0.25) is 0 Å². The SMILES string of the molecule is O=c1cc(Cn2c(-c3cscn3)nc3ccccc32)c2ccc(F)c(F)c2[nH]1. The number of para-hydroxylation sites is 2. The summed E-state index contributed by atoms with van der Waals surface area (Å²) < 4.78 is 29.8. The van der Waals surface area contributed by atoms with Crippen molar-refractivity contribution < 1.29 is 8.78 Å². The van der Waals surface area contributed by atoms with Crippen molar-refractivity contribution in [3.05, 3.63) is 80.9 Å². The second kappa shape index (κ2) is 6.35. The van der Waals surface area contributed by atoms with Gasteiger partial charge in [0.05, 0.1) is 28.6 Å². The molecular weight excluding hydrogens is 382 g/mol. The first kappa shape index (κ1) is 16.8. The number of aromatic nitrogens is 4. The highest BCUT2D eigenvalue weighted by atomic mass is 32.1. The summed E-state index contributed by atoms with van der Waals surface area (Å²) in [5.74, 6) is -1.42. The predicted octanol–water partition coefficient (Wildman–Crippen LogP) is 4.33. The van der Waals surface area contributed by atoms with E-state index in [9.17, 15) is 13.6 Å². The van der Waals surface area contributed by atoms with Crippen molar-refractivity contribution >= 4 is 33.3 Å². The number of halogens is 2. The van der Waals surface area contributed by atoms with E-state index in [1.807, 2.05) is 34.2 Å². The topological polar surface area (TPSA) is 63.6 Å². The van der Waals surface area contributed by atoms with E-state index in [0.717, 1.165) is 17.1 Å². The fraction of sp³-hybridized carbons (Fsp3) is 0.0500. The standard InChI is InChI=1S/C20H12F2N4OS/c21-13-6-5-12-11(7-17(27)25-19(12)18(13)22)8-26-16-4-2-1-3-14(16)24-20(26)15-9-28-10-23-15/h1-7,9-10H,8H2,(H,25,27). The number of rotatable bonds is 3. The van der Waals surface area contributed by atoms with Gasteiger partial charge in [-0.2, -0.15) is 0 Å². The van der Waals surface area contributed by atoms with Crippen LogP contribution in [0.5, 0.6) is 0 Å². The van der Waals surface area contributed by atoms with Gasteiger partial charge < -0.3 is 9.55 Å². The molecule has 0 unspecified atom stereocenters. The molecule has 5 rings (SSSR count). The van der Waals surface area contributed by atoms with Crippen molar-refractivity contribution in [3.63, 3.8) is 0 Å². The van der Waals surface area contributed by atoms with Gasteiger partial charge in [0, 0.05) is 16.8 Å². The van der Waals surface area contributed by atoms with Crippen molar-refractivity contribution in [3.8, 4) is 11.5 Å². The molecule has 0 saturated heterocycles. The third kappa shape index (κ3) is 2.61. The summed E-state index contributed by atoms with van der Waals surface area (Å²) in [6, 6.07) is 11.6. The van der Waals surface area contributed by atoms with Gasteiger partial charge in [-0.05, 0) is 29.8 Å². The Hall–Kier alpha value is -3.39. The summed E-state index contributed by atoms with van der Waals surface area (Å²) in [4.78, 5) is 23.5.